The molecule has 4 rings (SSSR count). The van der Waals surface area contributed by atoms with Crippen LogP contribution >= 0.6 is 11.6 Å². The molecule has 1 aliphatic heterocycles. The van der Waals surface area contributed by atoms with Gasteiger partial charge >= 0.3 is 5.97 Å². The largest absolute Gasteiger partial charge is 0.481 e. The number of carbonyl (C=O) groups excluding carboxylic acids is 1. The molecule has 0 spiro atoms. The lowest BCUT2D eigenvalue weighted by Crippen LogP contribution is -2.38. The molecule has 1 heterocycles. The number of carbonyl (C=O) groups is 2. The van der Waals surface area contributed by atoms with Crippen LogP contribution in [0.2, 0.25) is 5.02 Å². The fraction of sp³-hybridized carbons (Fsp3) is 0.267. The van der Waals surface area contributed by atoms with Crippen LogP contribution in [-0.4, -0.2) is 63.2 Å². The number of likely N-dealkylation sites (N-methyl/N-ethyl adjacent to an activating group) is 1. The molecule has 9 nitrogen and oxygen atoms in total. The first-order valence-electron chi connectivity index (χ1n) is 13.2. The number of halogens is 1. The van der Waals surface area contributed by atoms with Gasteiger partial charge in [-0.25, -0.2) is 8.42 Å². The number of nitrogens with one attached hydrogen (secondary N) is 2. The molecule has 1 aliphatic rings. The van der Waals surface area contributed by atoms with Gasteiger partial charge in [0, 0.05) is 29.4 Å². The lowest BCUT2D eigenvalue weighted by atomic mass is 9.98. The van der Waals surface area contributed by atoms with Gasteiger partial charge in [-0.3, -0.25) is 13.9 Å². The number of amides is 1. The normalized spacial score (nSPS) is 14.0. The minimum absolute atomic E-state index is 0.0487. The smallest absolute Gasteiger partial charge is 0.307 e. The van der Waals surface area contributed by atoms with Crippen LogP contribution in [0.5, 0.6) is 0 Å². The van der Waals surface area contributed by atoms with E-state index >= 15 is 0 Å². The van der Waals surface area contributed by atoms with Gasteiger partial charge in [-0.15, -0.1) is 0 Å². The highest BCUT2D eigenvalue weighted by molar-refractivity contribution is 7.92. The van der Waals surface area contributed by atoms with E-state index in [0.29, 0.717) is 69.6 Å². The van der Waals surface area contributed by atoms with Crippen LogP contribution in [0, 0.1) is 0 Å². The summed E-state index contributed by atoms with van der Waals surface area (Å²) < 4.78 is 27.5. The summed E-state index contributed by atoms with van der Waals surface area (Å²) in [6.07, 6.45) is 0.394. The third-order valence-corrected chi connectivity index (χ3v) is 8.77. The van der Waals surface area contributed by atoms with Crippen molar-refractivity contribution in [2.45, 2.75) is 19.8 Å². The number of anilines is 3. The van der Waals surface area contributed by atoms with Gasteiger partial charge in [0.25, 0.3) is 5.91 Å². The van der Waals surface area contributed by atoms with Crippen LogP contribution in [0.15, 0.2) is 66.7 Å². The minimum atomic E-state index is -3.50. The van der Waals surface area contributed by atoms with Crippen molar-refractivity contribution in [1.29, 1.82) is 0 Å². The number of nitrogens with zero attached hydrogens (tertiary/aromatic N) is 2. The molecule has 0 atom stereocenters. The predicted octanol–water partition coefficient (Wildman–Crippen LogP) is 5.01. The quantitative estimate of drug-likeness (QED) is 0.252. The van der Waals surface area contributed by atoms with Crippen LogP contribution < -0.4 is 14.9 Å². The zero-order chi connectivity index (χ0) is 29.7. The maximum atomic E-state index is 13.2. The number of aliphatic carboxylic acids is 1. The molecular formula is C30H33ClN4O5S. The number of rotatable bonds is 12. The van der Waals surface area contributed by atoms with Crippen LogP contribution in [-0.2, 0) is 26.0 Å². The predicted molar refractivity (Wildman–Crippen MR) is 165 cm³/mol. The molecule has 0 saturated heterocycles. The Bertz CT molecular complexity index is 1570. The highest BCUT2D eigenvalue weighted by Crippen LogP contribution is 2.39. The maximum absolute atomic E-state index is 13.2. The Labute approximate surface area is 245 Å². The SMILES string of the molecule is CCCS(=O)(=O)N(CCN(C)C)c1ccc(N/C(=C2\C(=O)Nc3cc(Cl)ccc32)c2ccc(CC(=O)O)cc2)cc1. The Morgan fingerprint density at radius 2 is 1.68 bits per heavy atom. The number of fused-ring (bicyclic) bond motifs is 1. The summed E-state index contributed by atoms with van der Waals surface area (Å²) in [6.45, 7) is 2.72. The standard InChI is InChI=1S/C30H33ClN4O5S/c1-4-17-41(39,40)35(16-15-34(2)3)24-12-10-23(11-13-24)32-29(21-7-5-20(6-8-21)18-27(36)37)28-25-14-9-22(31)19-26(25)33-30(28)38/h5-14,19,32H,4,15-18H2,1-3H3,(H,33,38)(H,36,37)/b29-28-. The molecule has 1 amide bonds. The molecule has 11 heteroatoms. The van der Waals surface area contributed by atoms with Crippen LogP contribution in [0.1, 0.15) is 30.0 Å². The van der Waals surface area contributed by atoms with Gasteiger partial charge in [0.1, 0.15) is 0 Å². The molecule has 0 aromatic heterocycles. The molecule has 0 unspecified atom stereocenters. The lowest BCUT2D eigenvalue weighted by Gasteiger charge is -2.26. The fourth-order valence-corrected chi connectivity index (χ4v) is 6.29. The van der Waals surface area contributed by atoms with E-state index in [4.69, 9.17) is 16.7 Å². The monoisotopic (exact) mass is 596 g/mol. The van der Waals surface area contributed by atoms with E-state index in [1.165, 1.54) is 4.31 Å². The van der Waals surface area contributed by atoms with Crippen LogP contribution in [0.3, 0.4) is 0 Å². The Kier molecular flexibility index (Phi) is 9.37. The van der Waals surface area contributed by atoms with Crippen molar-refractivity contribution in [3.63, 3.8) is 0 Å². The van der Waals surface area contributed by atoms with Gasteiger partial charge in [0.15, 0.2) is 0 Å². The van der Waals surface area contributed by atoms with Gasteiger partial charge in [-0.2, -0.15) is 0 Å². The summed E-state index contributed by atoms with van der Waals surface area (Å²) >= 11 is 6.16. The molecule has 3 aromatic rings. The Morgan fingerprint density at radius 1 is 1.00 bits per heavy atom. The van der Waals surface area contributed by atoms with Gasteiger partial charge in [0.2, 0.25) is 10.0 Å². The average molecular weight is 597 g/mol. The van der Waals surface area contributed by atoms with Gasteiger partial charge in [0.05, 0.1) is 34.8 Å². The van der Waals surface area contributed by atoms with Crippen molar-refractivity contribution in [1.82, 2.24) is 4.90 Å². The van der Waals surface area contributed by atoms with Crippen molar-refractivity contribution in [3.05, 3.63) is 88.4 Å². The molecule has 0 aliphatic carbocycles. The molecule has 216 valence electrons. The van der Waals surface area contributed by atoms with Gasteiger partial charge in [-0.1, -0.05) is 48.9 Å². The molecular weight excluding hydrogens is 564 g/mol. The van der Waals surface area contributed by atoms with E-state index in [2.05, 4.69) is 10.6 Å². The van der Waals surface area contributed by atoms with E-state index in [0.717, 1.165) is 0 Å². The van der Waals surface area contributed by atoms with Crippen molar-refractivity contribution < 1.29 is 23.1 Å². The van der Waals surface area contributed by atoms with Crippen molar-refractivity contribution in [3.8, 4) is 0 Å². The summed E-state index contributed by atoms with van der Waals surface area (Å²) in [4.78, 5) is 26.3. The average Bonchev–Trinajstić information content (AvgIpc) is 3.22. The molecule has 41 heavy (non-hydrogen) atoms. The first kappa shape index (κ1) is 30.1. The molecule has 0 fully saturated rings. The summed E-state index contributed by atoms with van der Waals surface area (Å²) in [7, 11) is 0.291. The van der Waals surface area contributed by atoms with Crippen molar-refractivity contribution in [2.24, 2.45) is 0 Å². The van der Waals surface area contributed by atoms with E-state index in [9.17, 15) is 18.0 Å². The summed E-state index contributed by atoms with van der Waals surface area (Å²) in [5.74, 6) is -1.19. The van der Waals surface area contributed by atoms with Crippen molar-refractivity contribution >= 4 is 61.8 Å². The molecule has 0 bridgehead atoms. The van der Waals surface area contributed by atoms with Crippen molar-refractivity contribution in [2.75, 3.05) is 47.9 Å². The van der Waals surface area contributed by atoms with Gasteiger partial charge < -0.3 is 20.6 Å². The second-order valence-electron chi connectivity index (χ2n) is 10.0. The van der Waals surface area contributed by atoms with E-state index < -0.39 is 16.0 Å². The summed E-state index contributed by atoms with van der Waals surface area (Å²) in [5, 5.41) is 15.9. The van der Waals surface area contributed by atoms with E-state index in [1.807, 2.05) is 25.9 Å². The summed E-state index contributed by atoms with van der Waals surface area (Å²) in [5.41, 5.74) is 4.68. The number of carboxylic acid groups (broad SMARTS) is 1. The Hall–Kier alpha value is -3.86. The first-order chi connectivity index (χ1) is 19.5. The summed E-state index contributed by atoms with van der Waals surface area (Å²) in [6, 6.07) is 19.2. The molecule has 3 N–H and O–H groups in total. The van der Waals surface area contributed by atoms with Crippen LogP contribution in [0.25, 0.3) is 11.3 Å². The number of sulfonamides is 1. The highest BCUT2D eigenvalue weighted by Gasteiger charge is 2.29. The zero-order valence-electron chi connectivity index (χ0n) is 23.1. The maximum Gasteiger partial charge on any atom is 0.307 e. The molecule has 0 saturated carbocycles. The van der Waals surface area contributed by atoms with Gasteiger partial charge in [-0.05, 0) is 68.0 Å². The number of hydrogen-bond donors (Lipinski definition) is 3. The van der Waals surface area contributed by atoms with Crippen LogP contribution in [0.4, 0.5) is 17.1 Å². The second-order valence-corrected chi connectivity index (χ2v) is 12.5. The third kappa shape index (κ3) is 7.27. The Balaban J connectivity index is 1.74. The number of benzene rings is 3. The zero-order valence-corrected chi connectivity index (χ0v) is 24.7. The minimum Gasteiger partial charge on any atom is -0.481 e. The molecule has 0 radical (unpaired) electrons. The highest BCUT2D eigenvalue weighted by atomic mass is 35.5. The molecule has 3 aromatic carbocycles. The first-order valence-corrected chi connectivity index (χ1v) is 15.2. The van der Waals surface area contributed by atoms with E-state index in [1.54, 1.807) is 66.7 Å². The Morgan fingerprint density at radius 3 is 2.29 bits per heavy atom. The topological polar surface area (TPSA) is 119 Å². The van der Waals surface area contributed by atoms with E-state index in [-0.39, 0.29) is 18.1 Å². The number of carboxylic acids is 1. The fourth-order valence-electron chi connectivity index (χ4n) is 4.58. The number of hydrogen-bond acceptors (Lipinski definition) is 6. The second kappa shape index (κ2) is 12.8. The third-order valence-electron chi connectivity index (χ3n) is 6.55. The lowest BCUT2D eigenvalue weighted by molar-refractivity contribution is -0.136.